The Morgan fingerprint density at radius 1 is 1.11 bits per heavy atom. The van der Waals surface area contributed by atoms with Gasteiger partial charge in [-0.25, -0.2) is 4.79 Å². The Morgan fingerprint density at radius 2 is 1.74 bits per heavy atom. The number of aromatic nitrogens is 1. The van der Waals surface area contributed by atoms with Gasteiger partial charge < -0.3 is 9.88 Å². The van der Waals surface area contributed by atoms with Gasteiger partial charge >= 0.3 is 6.03 Å². The lowest BCUT2D eigenvalue weighted by Crippen LogP contribution is -2.32. The van der Waals surface area contributed by atoms with E-state index in [0.717, 1.165) is 0 Å². The lowest BCUT2D eigenvalue weighted by atomic mass is 10.1. The summed E-state index contributed by atoms with van der Waals surface area (Å²) in [6, 6.07) is 14.1. The molecule has 1 N–H and O–H groups in total. The fourth-order valence-corrected chi connectivity index (χ4v) is 3.27. The number of para-hydroxylation sites is 1. The van der Waals surface area contributed by atoms with Gasteiger partial charge in [0.25, 0.3) is 5.56 Å². The minimum absolute atomic E-state index is 0.0586. The average Bonchev–Trinajstić information content (AvgIpc) is 2.65. The predicted octanol–water partition coefficient (Wildman–Crippen LogP) is 4.98. The number of pyridine rings is 1. The lowest BCUT2D eigenvalue weighted by molar-refractivity contribution is 0.258. The lowest BCUT2D eigenvalue weighted by Gasteiger charge is -2.21. The molecule has 2 aromatic carbocycles. The molecule has 0 fully saturated rings. The third-order valence-electron chi connectivity index (χ3n) is 4.32. The quantitative estimate of drug-likeness (QED) is 0.690. The third-order valence-corrected chi connectivity index (χ3v) is 4.63. The normalized spacial score (nSPS) is 11.0. The fourth-order valence-electron chi connectivity index (χ4n) is 3.00. The molecule has 0 saturated heterocycles. The Balaban J connectivity index is 2.01. The second kappa shape index (κ2) is 7.84. The van der Waals surface area contributed by atoms with Gasteiger partial charge in [-0.15, -0.1) is 0 Å². The number of carbonyl (C=O) groups is 1. The molecule has 0 saturated carbocycles. The van der Waals surface area contributed by atoms with Gasteiger partial charge in [0, 0.05) is 30.6 Å². The molecular weight excluding hydrogens is 362 g/mol. The summed E-state index contributed by atoms with van der Waals surface area (Å²) in [6.45, 7) is 4.67. The third kappa shape index (κ3) is 3.98. The van der Waals surface area contributed by atoms with E-state index in [0.29, 0.717) is 39.6 Å². The van der Waals surface area contributed by atoms with Gasteiger partial charge in [-0.05, 0) is 24.1 Å². The van der Waals surface area contributed by atoms with Gasteiger partial charge in [0.15, 0.2) is 0 Å². The summed E-state index contributed by atoms with van der Waals surface area (Å²) in [5.41, 5.74) is 1.14. The molecule has 6 heteroatoms. The van der Waals surface area contributed by atoms with Gasteiger partial charge in [0.1, 0.15) is 0 Å². The first kappa shape index (κ1) is 19.0. The van der Waals surface area contributed by atoms with Crippen LogP contribution in [0.25, 0.3) is 10.8 Å². The van der Waals surface area contributed by atoms with Crippen LogP contribution >= 0.6 is 11.6 Å². The van der Waals surface area contributed by atoms with E-state index in [1.807, 2.05) is 44.2 Å². The van der Waals surface area contributed by atoms with E-state index in [-0.39, 0.29) is 11.6 Å². The van der Waals surface area contributed by atoms with E-state index in [4.69, 9.17) is 11.6 Å². The first-order valence-corrected chi connectivity index (χ1v) is 9.17. The first-order chi connectivity index (χ1) is 12.9. The molecule has 1 aromatic heterocycles. The van der Waals surface area contributed by atoms with Crippen LogP contribution in [0, 0.1) is 5.92 Å². The molecule has 3 aromatic rings. The summed E-state index contributed by atoms with van der Waals surface area (Å²) >= 11 is 6.20. The number of hydrogen-bond donors (Lipinski definition) is 1. The van der Waals surface area contributed by atoms with Crippen molar-refractivity contribution >= 4 is 39.8 Å². The number of nitrogens with zero attached hydrogens (tertiary/aromatic N) is 2. The van der Waals surface area contributed by atoms with Crippen molar-refractivity contribution in [3.8, 4) is 0 Å². The van der Waals surface area contributed by atoms with Crippen LogP contribution in [0.2, 0.25) is 5.02 Å². The number of anilines is 2. The molecule has 5 nitrogen and oxygen atoms in total. The highest BCUT2D eigenvalue weighted by Crippen LogP contribution is 2.26. The van der Waals surface area contributed by atoms with Gasteiger partial charge in [-0.2, -0.15) is 0 Å². The Bertz CT molecular complexity index is 1040. The maximum absolute atomic E-state index is 12.8. The Hall–Kier alpha value is -2.79. The Morgan fingerprint density at radius 3 is 2.41 bits per heavy atom. The second-order valence-electron chi connectivity index (χ2n) is 6.88. The van der Waals surface area contributed by atoms with Crippen molar-refractivity contribution in [3.63, 3.8) is 0 Å². The van der Waals surface area contributed by atoms with Crippen molar-refractivity contribution in [2.75, 3.05) is 17.3 Å². The fraction of sp³-hybridized carbons (Fsp3) is 0.238. The van der Waals surface area contributed by atoms with E-state index in [9.17, 15) is 9.59 Å². The predicted molar refractivity (Wildman–Crippen MR) is 112 cm³/mol. The Kier molecular flexibility index (Phi) is 5.51. The molecule has 0 bridgehead atoms. The molecule has 0 aliphatic heterocycles. The number of nitrogens with one attached hydrogen (secondary N) is 1. The van der Waals surface area contributed by atoms with E-state index >= 15 is 0 Å². The molecule has 0 atom stereocenters. The van der Waals surface area contributed by atoms with Crippen LogP contribution in [0.15, 0.2) is 59.5 Å². The van der Waals surface area contributed by atoms with Crippen LogP contribution in [-0.4, -0.2) is 17.6 Å². The SMILES string of the molecule is CC(C)Cn1cc(NC(=O)N(C)c2ccccc2Cl)c2ccccc2c1=O. The molecule has 0 spiro atoms. The number of carbonyl (C=O) groups excluding carboxylic acids is 1. The maximum atomic E-state index is 12.8. The van der Waals surface area contributed by atoms with Crippen LogP contribution in [-0.2, 0) is 6.54 Å². The van der Waals surface area contributed by atoms with Crippen molar-refractivity contribution in [1.82, 2.24) is 4.57 Å². The molecule has 0 aliphatic carbocycles. The monoisotopic (exact) mass is 383 g/mol. The average molecular weight is 384 g/mol. The topological polar surface area (TPSA) is 54.3 Å². The van der Waals surface area contributed by atoms with Crippen LogP contribution in [0.4, 0.5) is 16.2 Å². The minimum Gasteiger partial charge on any atom is -0.313 e. The number of amides is 2. The zero-order valence-corrected chi connectivity index (χ0v) is 16.3. The number of benzene rings is 2. The van der Waals surface area contributed by atoms with Crippen molar-refractivity contribution in [2.45, 2.75) is 20.4 Å². The van der Waals surface area contributed by atoms with E-state index in [1.54, 1.807) is 36.0 Å². The van der Waals surface area contributed by atoms with Crippen molar-refractivity contribution in [3.05, 3.63) is 70.1 Å². The molecular formula is C21H22ClN3O2. The van der Waals surface area contributed by atoms with Crippen LogP contribution in [0.3, 0.4) is 0 Å². The number of fused-ring (bicyclic) bond motifs is 1. The van der Waals surface area contributed by atoms with Gasteiger partial charge in [0.2, 0.25) is 0 Å². The standard InChI is InChI=1S/C21H22ClN3O2/c1-14(2)12-25-13-18(15-8-4-5-9-16(15)20(25)26)23-21(27)24(3)19-11-7-6-10-17(19)22/h4-11,13-14H,12H2,1-3H3,(H,23,27). The van der Waals surface area contributed by atoms with E-state index in [2.05, 4.69) is 5.32 Å². The summed E-state index contributed by atoms with van der Waals surface area (Å²) in [7, 11) is 1.66. The highest BCUT2D eigenvalue weighted by molar-refractivity contribution is 6.34. The Labute approximate surface area is 163 Å². The molecule has 0 radical (unpaired) electrons. The van der Waals surface area contributed by atoms with Crippen molar-refractivity contribution in [1.29, 1.82) is 0 Å². The maximum Gasteiger partial charge on any atom is 0.326 e. The van der Waals surface area contributed by atoms with Crippen LogP contribution in [0.5, 0.6) is 0 Å². The molecule has 1 heterocycles. The molecule has 2 amide bonds. The largest absolute Gasteiger partial charge is 0.326 e. The summed E-state index contributed by atoms with van der Waals surface area (Å²) in [4.78, 5) is 27.0. The van der Waals surface area contributed by atoms with Gasteiger partial charge in [-0.3, -0.25) is 9.69 Å². The van der Waals surface area contributed by atoms with Crippen molar-refractivity contribution < 1.29 is 4.79 Å². The van der Waals surface area contributed by atoms with E-state index in [1.165, 1.54) is 4.90 Å². The number of rotatable bonds is 4. The highest BCUT2D eigenvalue weighted by Gasteiger charge is 2.16. The molecule has 140 valence electrons. The molecule has 3 rings (SSSR count). The minimum atomic E-state index is -0.331. The number of hydrogen-bond acceptors (Lipinski definition) is 2. The van der Waals surface area contributed by atoms with E-state index < -0.39 is 0 Å². The summed E-state index contributed by atoms with van der Waals surface area (Å²) < 4.78 is 1.65. The molecule has 0 unspecified atom stereocenters. The zero-order chi connectivity index (χ0) is 19.6. The van der Waals surface area contributed by atoms with Crippen LogP contribution in [0.1, 0.15) is 13.8 Å². The summed E-state index contributed by atoms with van der Waals surface area (Å²) in [5, 5.41) is 4.70. The highest BCUT2D eigenvalue weighted by atomic mass is 35.5. The van der Waals surface area contributed by atoms with Crippen LogP contribution < -0.4 is 15.8 Å². The summed E-state index contributed by atoms with van der Waals surface area (Å²) in [5.74, 6) is 0.304. The second-order valence-corrected chi connectivity index (χ2v) is 7.29. The smallest absolute Gasteiger partial charge is 0.313 e. The summed E-state index contributed by atoms with van der Waals surface area (Å²) in [6.07, 6.45) is 1.71. The number of halogens is 1. The van der Waals surface area contributed by atoms with Gasteiger partial charge in [-0.1, -0.05) is 55.8 Å². The molecule has 27 heavy (non-hydrogen) atoms. The number of urea groups is 1. The first-order valence-electron chi connectivity index (χ1n) is 8.80. The van der Waals surface area contributed by atoms with Crippen molar-refractivity contribution in [2.24, 2.45) is 5.92 Å². The van der Waals surface area contributed by atoms with Gasteiger partial charge in [0.05, 0.1) is 16.4 Å². The molecule has 0 aliphatic rings. The zero-order valence-electron chi connectivity index (χ0n) is 15.6.